The van der Waals surface area contributed by atoms with Gasteiger partial charge in [-0.15, -0.1) is 0 Å². The molecule has 1 aromatic carbocycles. The molecule has 1 aliphatic rings. The molecule has 1 unspecified atom stereocenters. The van der Waals surface area contributed by atoms with Gasteiger partial charge < -0.3 is 15.4 Å². The van der Waals surface area contributed by atoms with Crippen LogP contribution in [0.5, 0.6) is 0 Å². The van der Waals surface area contributed by atoms with Crippen molar-refractivity contribution in [2.45, 2.75) is 58.1 Å². The molecule has 29 heavy (non-hydrogen) atoms. The lowest BCUT2D eigenvalue weighted by Gasteiger charge is -2.19. The Morgan fingerprint density at radius 3 is 2.55 bits per heavy atom. The quantitative estimate of drug-likeness (QED) is 0.252. The topological polar surface area (TPSA) is 128 Å². The third-order valence-corrected chi connectivity index (χ3v) is 4.41. The minimum atomic E-state index is -0.878. The van der Waals surface area contributed by atoms with Crippen molar-refractivity contribution in [2.75, 3.05) is 6.54 Å². The molecule has 0 spiro atoms. The summed E-state index contributed by atoms with van der Waals surface area (Å²) in [6.45, 7) is 3.78. The summed E-state index contributed by atoms with van der Waals surface area (Å²) in [4.78, 5) is 46.9. The fourth-order valence-electron chi connectivity index (χ4n) is 2.88. The van der Waals surface area contributed by atoms with E-state index in [1.807, 2.05) is 0 Å². The van der Waals surface area contributed by atoms with Crippen molar-refractivity contribution in [1.29, 1.82) is 0 Å². The van der Waals surface area contributed by atoms with E-state index >= 15 is 0 Å². The van der Waals surface area contributed by atoms with Crippen LogP contribution in [-0.4, -0.2) is 35.4 Å². The summed E-state index contributed by atoms with van der Waals surface area (Å²) in [5.41, 5.74) is 0.0698. The first kappa shape index (κ1) is 22.3. The second-order valence-corrected chi connectivity index (χ2v) is 7.35. The van der Waals surface area contributed by atoms with Crippen molar-refractivity contribution in [3.8, 4) is 0 Å². The van der Waals surface area contributed by atoms with E-state index in [1.54, 1.807) is 19.9 Å². The fraction of sp³-hybridized carbons (Fsp3) is 0.550. The van der Waals surface area contributed by atoms with Crippen molar-refractivity contribution in [3.05, 3.63) is 39.9 Å². The normalized spacial score (nSPS) is 14.2. The van der Waals surface area contributed by atoms with Gasteiger partial charge in [0, 0.05) is 24.9 Å². The maximum absolute atomic E-state index is 12.4. The first-order valence-corrected chi connectivity index (χ1v) is 9.77. The van der Waals surface area contributed by atoms with Crippen molar-refractivity contribution < 1.29 is 24.0 Å². The molecule has 1 aliphatic carbocycles. The Balaban J connectivity index is 1.98. The van der Waals surface area contributed by atoms with Gasteiger partial charge in [-0.05, 0) is 33.1 Å². The average Bonchev–Trinajstić information content (AvgIpc) is 3.49. The van der Waals surface area contributed by atoms with Gasteiger partial charge in [-0.3, -0.25) is 24.5 Å². The largest absolute Gasteiger partial charge is 0.463 e. The zero-order valence-corrected chi connectivity index (χ0v) is 16.7. The van der Waals surface area contributed by atoms with Crippen molar-refractivity contribution in [2.24, 2.45) is 5.92 Å². The Labute approximate surface area is 169 Å². The number of nitro benzene ring substituents is 1. The second kappa shape index (κ2) is 10.5. The molecule has 0 aromatic heterocycles. The molecular formula is C20H27N3O6. The Morgan fingerprint density at radius 2 is 1.93 bits per heavy atom. The van der Waals surface area contributed by atoms with Gasteiger partial charge in [0.2, 0.25) is 11.8 Å². The second-order valence-electron chi connectivity index (χ2n) is 7.35. The minimum Gasteiger partial charge on any atom is -0.463 e. The highest BCUT2D eigenvalue weighted by atomic mass is 16.6. The lowest BCUT2D eigenvalue weighted by atomic mass is 10.0. The molecule has 2 N–H and O–H groups in total. The summed E-state index contributed by atoms with van der Waals surface area (Å²) >= 11 is 0. The predicted molar refractivity (Wildman–Crippen MR) is 105 cm³/mol. The van der Waals surface area contributed by atoms with Gasteiger partial charge >= 0.3 is 5.97 Å². The lowest BCUT2D eigenvalue weighted by molar-refractivity contribution is -0.385. The van der Waals surface area contributed by atoms with Crippen LogP contribution in [-0.2, 0) is 19.1 Å². The van der Waals surface area contributed by atoms with Gasteiger partial charge in [0.05, 0.1) is 29.1 Å². The number of ether oxygens (including phenoxy) is 1. The van der Waals surface area contributed by atoms with Crippen LogP contribution in [0.4, 0.5) is 5.69 Å². The number of hydrogen-bond donors (Lipinski definition) is 2. The molecule has 2 rings (SSSR count). The van der Waals surface area contributed by atoms with E-state index in [4.69, 9.17) is 4.74 Å². The monoisotopic (exact) mass is 405 g/mol. The number of hydrogen-bond acceptors (Lipinski definition) is 6. The summed E-state index contributed by atoms with van der Waals surface area (Å²) in [7, 11) is 0. The highest BCUT2D eigenvalue weighted by Gasteiger charge is 2.29. The van der Waals surface area contributed by atoms with E-state index in [2.05, 4.69) is 10.6 Å². The fourth-order valence-corrected chi connectivity index (χ4v) is 2.88. The van der Waals surface area contributed by atoms with Gasteiger partial charge in [0.1, 0.15) is 0 Å². The number of rotatable bonds is 11. The highest BCUT2D eigenvalue weighted by molar-refractivity contribution is 5.81. The molecule has 0 aliphatic heterocycles. The van der Waals surface area contributed by atoms with Crippen molar-refractivity contribution in [3.63, 3.8) is 0 Å². The number of carbonyl (C=O) groups excluding carboxylic acids is 3. The number of benzene rings is 1. The van der Waals surface area contributed by atoms with Crippen LogP contribution in [0.25, 0.3) is 0 Å². The predicted octanol–water partition coefficient (Wildman–Crippen LogP) is 2.40. The van der Waals surface area contributed by atoms with Gasteiger partial charge in [0.15, 0.2) is 0 Å². The van der Waals surface area contributed by atoms with Gasteiger partial charge in [-0.1, -0.05) is 18.2 Å². The standard InChI is InChI=1S/C20H27N3O6/c1-13(2)29-19(25)12-16(15-6-3-4-7-17(15)23(27)28)22-18(24)8-5-11-21-20(26)14-9-10-14/h3-4,6-7,13-14,16H,5,8-12H2,1-2H3,(H,21,26)(H,22,24). The van der Waals surface area contributed by atoms with Gasteiger partial charge in [0.25, 0.3) is 5.69 Å². The Bertz CT molecular complexity index is 760. The van der Waals surface area contributed by atoms with Crippen molar-refractivity contribution in [1.82, 2.24) is 10.6 Å². The Kier molecular flexibility index (Phi) is 8.11. The number of para-hydroxylation sites is 1. The molecule has 1 saturated carbocycles. The number of nitro groups is 1. The van der Waals surface area contributed by atoms with Crippen LogP contribution in [0, 0.1) is 16.0 Å². The van der Waals surface area contributed by atoms with Crippen LogP contribution < -0.4 is 10.6 Å². The van der Waals surface area contributed by atoms with E-state index in [1.165, 1.54) is 18.2 Å². The molecule has 0 saturated heterocycles. The van der Waals surface area contributed by atoms with E-state index < -0.39 is 16.9 Å². The van der Waals surface area contributed by atoms with Crippen LogP contribution in [0.3, 0.4) is 0 Å². The van der Waals surface area contributed by atoms with E-state index in [9.17, 15) is 24.5 Å². The first-order valence-electron chi connectivity index (χ1n) is 9.77. The molecular weight excluding hydrogens is 378 g/mol. The molecule has 2 amide bonds. The number of esters is 1. The zero-order valence-electron chi connectivity index (χ0n) is 16.7. The van der Waals surface area contributed by atoms with Crippen molar-refractivity contribution >= 4 is 23.5 Å². The average molecular weight is 405 g/mol. The Hall–Kier alpha value is -2.97. The number of nitrogens with one attached hydrogen (secondary N) is 2. The lowest BCUT2D eigenvalue weighted by Crippen LogP contribution is -2.32. The number of nitrogens with zero attached hydrogens (tertiary/aromatic N) is 1. The first-order chi connectivity index (χ1) is 13.8. The summed E-state index contributed by atoms with van der Waals surface area (Å²) in [6, 6.07) is 5.10. The number of amides is 2. The summed E-state index contributed by atoms with van der Waals surface area (Å²) < 4.78 is 5.13. The van der Waals surface area contributed by atoms with Gasteiger partial charge in [-0.2, -0.15) is 0 Å². The molecule has 9 nitrogen and oxygen atoms in total. The molecule has 0 bridgehead atoms. The molecule has 0 radical (unpaired) electrons. The molecule has 1 aromatic rings. The van der Waals surface area contributed by atoms with E-state index in [0.717, 1.165) is 12.8 Å². The Morgan fingerprint density at radius 1 is 1.24 bits per heavy atom. The van der Waals surface area contributed by atoms with Crippen LogP contribution in [0.1, 0.15) is 57.6 Å². The highest BCUT2D eigenvalue weighted by Crippen LogP contribution is 2.29. The van der Waals surface area contributed by atoms with E-state index in [0.29, 0.717) is 13.0 Å². The smallest absolute Gasteiger partial charge is 0.308 e. The third-order valence-electron chi connectivity index (χ3n) is 4.41. The number of carbonyl (C=O) groups is 3. The summed E-state index contributed by atoms with van der Waals surface area (Å²) in [6.07, 6.45) is 1.84. The van der Waals surface area contributed by atoms with Crippen LogP contribution in [0.15, 0.2) is 24.3 Å². The maximum atomic E-state index is 12.4. The molecule has 1 atom stereocenters. The zero-order chi connectivity index (χ0) is 21.4. The SMILES string of the molecule is CC(C)OC(=O)CC(NC(=O)CCCNC(=O)C1CC1)c1ccccc1[N+](=O)[O-]. The summed E-state index contributed by atoms with van der Waals surface area (Å²) in [5, 5.41) is 16.8. The maximum Gasteiger partial charge on any atom is 0.308 e. The third kappa shape index (κ3) is 7.52. The van der Waals surface area contributed by atoms with Gasteiger partial charge in [-0.25, -0.2) is 0 Å². The summed E-state index contributed by atoms with van der Waals surface area (Å²) in [5.74, 6) is -0.787. The minimum absolute atomic E-state index is 0.0135. The molecule has 158 valence electrons. The molecule has 0 heterocycles. The molecule has 1 fully saturated rings. The van der Waals surface area contributed by atoms with Crippen LogP contribution in [0.2, 0.25) is 0 Å². The molecule has 9 heteroatoms. The van der Waals surface area contributed by atoms with E-state index in [-0.39, 0.29) is 47.9 Å². The van der Waals surface area contributed by atoms with Crippen LogP contribution >= 0.6 is 0 Å².